The maximum atomic E-state index is 10.4. The molecular weight excluding hydrogens is 234 g/mol. The van der Waals surface area contributed by atoms with Crippen LogP contribution in [0.15, 0.2) is 36.4 Å². The molecular formula is C17H19NO. The van der Waals surface area contributed by atoms with Gasteiger partial charge in [-0.15, -0.1) is 12.3 Å². The van der Waals surface area contributed by atoms with Crippen LogP contribution in [0.25, 0.3) is 10.8 Å². The number of nitrogens with one attached hydrogen (secondary N) is 1. The molecule has 2 heteroatoms. The summed E-state index contributed by atoms with van der Waals surface area (Å²) in [6.07, 6.45) is 6.96. The van der Waals surface area contributed by atoms with Gasteiger partial charge in [-0.1, -0.05) is 36.4 Å². The first kappa shape index (κ1) is 13.5. The number of phenols is 1. The second-order valence-corrected chi connectivity index (χ2v) is 4.71. The molecule has 2 aromatic rings. The quantitative estimate of drug-likeness (QED) is 0.630. The molecule has 0 bridgehead atoms. The third-order valence-electron chi connectivity index (χ3n) is 3.35. The number of hydrogen-bond donors (Lipinski definition) is 2. The highest BCUT2D eigenvalue weighted by Gasteiger charge is 2.11. The third-order valence-corrected chi connectivity index (χ3v) is 3.35. The predicted molar refractivity (Wildman–Crippen MR) is 80.1 cm³/mol. The highest BCUT2D eigenvalue weighted by molar-refractivity contribution is 5.89. The Labute approximate surface area is 114 Å². The van der Waals surface area contributed by atoms with Crippen LogP contribution in [0.4, 0.5) is 0 Å². The molecule has 19 heavy (non-hydrogen) atoms. The standard InChI is InChI=1S/C17H19NO/c1-3-4-7-12-18-13(2)15-11-10-14-8-5-6-9-16(14)17(15)19/h1,5-6,8-11,13,18-19H,4,7,12H2,2H3. The van der Waals surface area contributed by atoms with Gasteiger partial charge in [-0.2, -0.15) is 0 Å². The van der Waals surface area contributed by atoms with Crippen molar-refractivity contribution in [1.29, 1.82) is 0 Å². The van der Waals surface area contributed by atoms with Gasteiger partial charge in [0.1, 0.15) is 5.75 Å². The molecule has 2 nitrogen and oxygen atoms in total. The maximum absolute atomic E-state index is 10.4. The van der Waals surface area contributed by atoms with E-state index in [-0.39, 0.29) is 6.04 Å². The minimum absolute atomic E-state index is 0.113. The fraction of sp³-hybridized carbons (Fsp3) is 0.294. The average Bonchev–Trinajstić information content (AvgIpc) is 2.44. The summed E-state index contributed by atoms with van der Waals surface area (Å²) in [7, 11) is 0. The van der Waals surface area contributed by atoms with Crippen molar-refractivity contribution in [2.45, 2.75) is 25.8 Å². The molecule has 2 rings (SSSR count). The number of phenolic OH excluding ortho intramolecular Hbond substituents is 1. The molecule has 0 saturated heterocycles. The Balaban J connectivity index is 2.16. The molecule has 0 radical (unpaired) electrons. The van der Waals surface area contributed by atoms with Gasteiger partial charge in [0.25, 0.3) is 0 Å². The Morgan fingerprint density at radius 2 is 2.05 bits per heavy atom. The molecule has 0 aliphatic heterocycles. The number of aromatic hydroxyl groups is 1. The zero-order chi connectivity index (χ0) is 13.7. The molecule has 0 aliphatic carbocycles. The number of unbranched alkanes of at least 4 members (excludes halogenated alkanes) is 1. The van der Waals surface area contributed by atoms with Crippen molar-refractivity contribution in [2.24, 2.45) is 0 Å². The molecule has 0 aliphatic rings. The minimum atomic E-state index is 0.113. The van der Waals surface area contributed by atoms with Crippen molar-refractivity contribution >= 4 is 10.8 Å². The van der Waals surface area contributed by atoms with Crippen molar-refractivity contribution < 1.29 is 5.11 Å². The first-order chi connectivity index (χ1) is 9.24. The largest absolute Gasteiger partial charge is 0.507 e. The lowest BCUT2D eigenvalue weighted by Crippen LogP contribution is -2.19. The number of benzene rings is 2. The van der Waals surface area contributed by atoms with Crippen LogP contribution in [0.1, 0.15) is 31.4 Å². The molecule has 0 saturated carbocycles. The maximum Gasteiger partial charge on any atom is 0.128 e. The van der Waals surface area contributed by atoms with E-state index in [2.05, 4.69) is 18.2 Å². The SMILES string of the molecule is C#CCCCNC(C)c1ccc2ccccc2c1O. The van der Waals surface area contributed by atoms with E-state index in [1.54, 1.807) is 0 Å². The monoisotopic (exact) mass is 253 g/mol. The first-order valence-electron chi connectivity index (χ1n) is 6.61. The lowest BCUT2D eigenvalue weighted by atomic mass is 10.0. The molecule has 0 spiro atoms. The Morgan fingerprint density at radius 1 is 1.26 bits per heavy atom. The molecule has 1 atom stereocenters. The van der Waals surface area contributed by atoms with Crippen LogP contribution in [0, 0.1) is 12.3 Å². The Bertz CT molecular complexity index is 598. The molecule has 2 N–H and O–H groups in total. The summed E-state index contributed by atoms with van der Waals surface area (Å²) >= 11 is 0. The van der Waals surface area contributed by atoms with E-state index in [4.69, 9.17) is 6.42 Å². The molecule has 0 heterocycles. The van der Waals surface area contributed by atoms with Crippen molar-refractivity contribution in [1.82, 2.24) is 5.32 Å². The fourth-order valence-electron chi connectivity index (χ4n) is 2.24. The second-order valence-electron chi connectivity index (χ2n) is 4.71. The third kappa shape index (κ3) is 3.07. The van der Waals surface area contributed by atoms with Crippen LogP contribution >= 0.6 is 0 Å². The Hall–Kier alpha value is -1.98. The van der Waals surface area contributed by atoms with Gasteiger partial charge in [-0.3, -0.25) is 0 Å². The van der Waals surface area contributed by atoms with Crippen LogP contribution in [0.2, 0.25) is 0 Å². The van der Waals surface area contributed by atoms with E-state index in [0.717, 1.165) is 35.7 Å². The fourth-order valence-corrected chi connectivity index (χ4v) is 2.24. The highest BCUT2D eigenvalue weighted by atomic mass is 16.3. The summed E-state index contributed by atoms with van der Waals surface area (Å²) in [6, 6.07) is 12.0. The van der Waals surface area contributed by atoms with Crippen LogP contribution in [-0.2, 0) is 0 Å². The summed E-state index contributed by atoms with van der Waals surface area (Å²) < 4.78 is 0. The van der Waals surface area contributed by atoms with E-state index in [1.165, 1.54) is 0 Å². The zero-order valence-electron chi connectivity index (χ0n) is 11.2. The zero-order valence-corrected chi connectivity index (χ0v) is 11.2. The summed E-state index contributed by atoms with van der Waals surface area (Å²) in [5.41, 5.74) is 0.930. The van der Waals surface area contributed by atoms with Gasteiger partial charge >= 0.3 is 0 Å². The van der Waals surface area contributed by atoms with Gasteiger partial charge < -0.3 is 10.4 Å². The number of terminal acetylenes is 1. The lowest BCUT2D eigenvalue weighted by Gasteiger charge is -2.16. The number of rotatable bonds is 5. The van der Waals surface area contributed by atoms with Gasteiger partial charge in [0.05, 0.1) is 0 Å². The lowest BCUT2D eigenvalue weighted by molar-refractivity contribution is 0.458. The normalized spacial score (nSPS) is 12.2. The molecule has 0 amide bonds. The van der Waals surface area contributed by atoms with Crippen molar-refractivity contribution in [2.75, 3.05) is 6.54 Å². The molecule has 1 unspecified atom stereocenters. The van der Waals surface area contributed by atoms with Crippen LogP contribution in [0.5, 0.6) is 5.75 Å². The molecule has 98 valence electrons. The number of fused-ring (bicyclic) bond motifs is 1. The van der Waals surface area contributed by atoms with E-state index >= 15 is 0 Å². The summed E-state index contributed by atoms with van der Waals surface area (Å²) in [5, 5.41) is 15.7. The molecule has 2 aromatic carbocycles. The smallest absolute Gasteiger partial charge is 0.128 e. The van der Waals surface area contributed by atoms with Gasteiger partial charge in [-0.05, 0) is 25.3 Å². The van der Waals surface area contributed by atoms with E-state index in [0.29, 0.717) is 5.75 Å². The predicted octanol–water partition coefficient (Wildman–Crippen LogP) is 3.61. The Morgan fingerprint density at radius 3 is 2.84 bits per heavy atom. The molecule has 0 aromatic heterocycles. The second kappa shape index (κ2) is 6.26. The van der Waals surface area contributed by atoms with Gasteiger partial charge in [-0.25, -0.2) is 0 Å². The van der Waals surface area contributed by atoms with E-state index in [1.807, 2.05) is 36.4 Å². The van der Waals surface area contributed by atoms with Crippen LogP contribution in [0.3, 0.4) is 0 Å². The topological polar surface area (TPSA) is 32.3 Å². The first-order valence-corrected chi connectivity index (χ1v) is 6.61. The van der Waals surface area contributed by atoms with Crippen LogP contribution in [-0.4, -0.2) is 11.7 Å². The van der Waals surface area contributed by atoms with Crippen LogP contribution < -0.4 is 5.32 Å². The number of hydrogen-bond acceptors (Lipinski definition) is 2. The summed E-state index contributed by atoms with van der Waals surface area (Å²) in [4.78, 5) is 0. The Kier molecular flexibility index (Phi) is 4.43. The summed E-state index contributed by atoms with van der Waals surface area (Å²) in [6.45, 7) is 2.91. The van der Waals surface area contributed by atoms with Gasteiger partial charge in [0.2, 0.25) is 0 Å². The van der Waals surface area contributed by atoms with E-state index < -0.39 is 0 Å². The minimum Gasteiger partial charge on any atom is -0.507 e. The highest BCUT2D eigenvalue weighted by Crippen LogP contribution is 2.32. The van der Waals surface area contributed by atoms with E-state index in [9.17, 15) is 5.11 Å². The summed E-state index contributed by atoms with van der Waals surface area (Å²) in [5.74, 6) is 3.00. The van der Waals surface area contributed by atoms with Crippen molar-refractivity contribution in [3.05, 3.63) is 42.0 Å². The van der Waals surface area contributed by atoms with Gasteiger partial charge in [0, 0.05) is 23.4 Å². The van der Waals surface area contributed by atoms with Gasteiger partial charge in [0.15, 0.2) is 0 Å². The molecule has 0 fully saturated rings. The van der Waals surface area contributed by atoms with Crippen molar-refractivity contribution in [3.63, 3.8) is 0 Å². The van der Waals surface area contributed by atoms with Crippen molar-refractivity contribution in [3.8, 4) is 18.1 Å². The average molecular weight is 253 g/mol.